The van der Waals surface area contributed by atoms with E-state index in [0.29, 0.717) is 0 Å². The van der Waals surface area contributed by atoms with E-state index in [2.05, 4.69) is 62.4 Å². The van der Waals surface area contributed by atoms with Crippen LogP contribution in [0.4, 0.5) is 0 Å². The topological polar surface area (TPSA) is 106 Å². The summed E-state index contributed by atoms with van der Waals surface area (Å²) in [6.07, 6.45) is 0. The fourth-order valence-corrected chi connectivity index (χ4v) is 5.39. The van der Waals surface area contributed by atoms with Crippen molar-refractivity contribution in [3.8, 4) is 11.1 Å². The van der Waals surface area contributed by atoms with E-state index in [1.54, 1.807) is 0 Å². The highest BCUT2D eigenvalue weighted by atomic mass is 32.2. The summed E-state index contributed by atoms with van der Waals surface area (Å²) in [6, 6.07) is 30.0. The Balaban J connectivity index is 0.000000672. The van der Waals surface area contributed by atoms with E-state index in [9.17, 15) is 13.0 Å². The van der Waals surface area contributed by atoms with Gasteiger partial charge in [-0.15, -0.1) is 12.6 Å². The summed E-state index contributed by atoms with van der Waals surface area (Å²) in [5.74, 6) is 0. The Morgan fingerprint density at radius 2 is 1.09 bits per heavy atom. The molecule has 1 aliphatic rings. The molecule has 0 radical (unpaired) electrons. The maximum Gasteiger partial charge on any atom is 0.425 e. The average molecular weight is 507 g/mol. The molecule has 35 heavy (non-hydrogen) atoms. The minimum Gasteiger partial charge on any atom is -0.282 e. The minimum atomic E-state index is -4.26. The molecule has 0 amide bonds. The molecule has 4 aromatic rings. The van der Waals surface area contributed by atoms with E-state index >= 15 is 0 Å². The quantitative estimate of drug-likeness (QED) is 0.349. The lowest BCUT2D eigenvalue weighted by Gasteiger charge is -2.34. The molecule has 0 fully saturated rings. The van der Waals surface area contributed by atoms with Crippen molar-refractivity contribution in [3.05, 3.63) is 124 Å². The second kappa shape index (κ2) is 9.22. The molecule has 0 spiro atoms. The monoisotopic (exact) mass is 506 g/mol. The highest BCUT2D eigenvalue weighted by Gasteiger charge is 2.46. The van der Waals surface area contributed by atoms with Crippen molar-refractivity contribution in [1.82, 2.24) is 0 Å². The largest absolute Gasteiger partial charge is 0.425 e. The predicted molar refractivity (Wildman–Crippen MR) is 133 cm³/mol. The summed E-state index contributed by atoms with van der Waals surface area (Å²) in [4.78, 5) is -0.105. The first-order valence-electron chi connectivity index (χ1n) is 10.7. The Morgan fingerprint density at radius 3 is 1.51 bits per heavy atom. The van der Waals surface area contributed by atoms with Gasteiger partial charge in [0, 0.05) is 0 Å². The van der Waals surface area contributed by atoms with E-state index < -0.39 is 26.1 Å². The number of rotatable bonds is 3. The Bertz CT molecular complexity index is 1570. The van der Waals surface area contributed by atoms with E-state index in [4.69, 9.17) is 12.6 Å². The van der Waals surface area contributed by atoms with Crippen LogP contribution in [0.15, 0.2) is 95.9 Å². The molecule has 0 saturated carbocycles. The smallest absolute Gasteiger partial charge is 0.282 e. The van der Waals surface area contributed by atoms with Gasteiger partial charge in [-0.3, -0.25) is 4.55 Å². The average Bonchev–Trinajstić information content (AvgIpc) is 3.08. The highest BCUT2D eigenvalue weighted by molar-refractivity contribution is 7.85. The molecule has 5 rings (SSSR count). The maximum atomic E-state index is 11.7. The maximum absolute atomic E-state index is 11.7. The van der Waals surface area contributed by atoms with Crippen molar-refractivity contribution in [2.75, 3.05) is 0 Å². The summed E-state index contributed by atoms with van der Waals surface area (Å²) < 4.78 is 58.1. The van der Waals surface area contributed by atoms with Gasteiger partial charge in [0.05, 0.1) is 10.3 Å². The predicted octanol–water partition coefficient (Wildman–Crippen LogP) is 4.91. The number of benzene rings is 4. The Labute approximate surface area is 205 Å². The molecule has 0 unspecified atom stereocenters. The molecule has 6 nitrogen and oxygen atoms in total. The third-order valence-corrected chi connectivity index (χ3v) is 7.11. The second-order valence-electron chi connectivity index (χ2n) is 8.42. The van der Waals surface area contributed by atoms with Gasteiger partial charge in [0.1, 0.15) is 0 Å². The van der Waals surface area contributed by atoms with Crippen molar-refractivity contribution in [2.45, 2.75) is 24.2 Å². The van der Waals surface area contributed by atoms with Gasteiger partial charge in [0.2, 0.25) is 0 Å². The van der Waals surface area contributed by atoms with Crippen LogP contribution in [0, 0.1) is 13.8 Å². The standard InChI is InChI=1S/C27H22O3S.O3S/c1-18-8-14-23-24-15-9-19(2)17-26(24)27(25(23)16-18,20-6-4-3-5-7-20)21-10-12-22(13-11-21)31(28,29)30;1-4(2)3/h3-17H,1-2H3,(H,28,29,30);. The molecule has 0 saturated heterocycles. The van der Waals surface area contributed by atoms with Gasteiger partial charge in [-0.1, -0.05) is 90.0 Å². The second-order valence-corrected chi connectivity index (χ2v) is 10.2. The van der Waals surface area contributed by atoms with Crippen LogP contribution in [0.2, 0.25) is 0 Å². The molecule has 0 heterocycles. The van der Waals surface area contributed by atoms with Crippen LogP contribution in [-0.4, -0.2) is 25.6 Å². The van der Waals surface area contributed by atoms with Crippen LogP contribution in [0.1, 0.15) is 33.4 Å². The first-order chi connectivity index (χ1) is 16.5. The molecule has 0 aromatic heterocycles. The number of hydrogen-bond acceptors (Lipinski definition) is 5. The molecule has 0 aliphatic heterocycles. The summed E-state index contributed by atoms with van der Waals surface area (Å²) in [5, 5.41) is 0. The van der Waals surface area contributed by atoms with Crippen LogP contribution in [0.5, 0.6) is 0 Å². The molecule has 0 bridgehead atoms. The molecule has 178 valence electrons. The summed E-state index contributed by atoms with van der Waals surface area (Å²) in [7, 11) is -7.37. The van der Waals surface area contributed by atoms with Crippen LogP contribution in [0.25, 0.3) is 11.1 Å². The van der Waals surface area contributed by atoms with Gasteiger partial charge in [-0.25, -0.2) is 0 Å². The molecular formula is C27H22O6S2. The van der Waals surface area contributed by atoms with E-state index in [0.717, 1.165) is 22.3 Å². The van der Waals surface area contributed by atoms with Gasteiger partial charge in [-0.2, -0.15) is 8.42 Å². The van der Waals surface area contributed by atoms with E-state index in [1.165, 1.54) is 34.4 Å². The first kappa shape index (κ1) is 24.5. The third kappa shape index (κ3) is 4.43. The van der Waals surface area contributed by atoms with Crippen molar-refractivity contribution >= 4 is 20.7 Å². The van der Waals surface area contributed by atoms with Crippen LogP contribution < -0.4 is 0 Å². The lowest BCUT2D eigenvalue weighted by atomic mass is 9.67. The molecular weight excluding hydrogens is 484 g/mol. The lowest BCUT2D eigenvalue weighted by Crippen LogP contribution is -2.28. The summed E-state index contributed by atoms with van der Waals surface area (Å²) >= 11 is 0. The normalized spacial score (nSPS) is 13.2. The third-order valence-electron chi connectivity index (χ3n) is 6.24. The fraction of sp³-hybridized carbons (Fsp3) is 0.111. The van der Waals surface area contributed by atoms with Crippen LogP contribution in [0.3, 0.4) is 0 Å². The Kier molecular flexibility index (Phi) is 6.46. The van der Waals surface area contributed by atoms with Gasteiger partial charge in [0.25, 0.3) is 10.1 Å². The first-order valence-corrected chi connectivity index (χ1v) is 13.1. The Hall–Kier alpha value is -3.59. The van der Waals surface area contributed by atoms with Crippen LogP contribution >= 0.6 is 0 Å². The van der Waals surface area contributed by atoms with Gasteiger partial charge in [-0.05, 0) is 59.4 Å². The van der Waals surface area contributed by atoms with E-state index in [1.807, 2.05) is 30.3 Å². The van der Waals surface area contributed by atoms with Gasteiger partial charge >= 0.3 is 10.6 Å². The summed E-state index contributed by atoms with van der Waals surface area (Å²) in [6.45, 7) is 4.18. The molecule has 1 N–H and O–H groups in total. The number of aryl methyl sites for hydroxylation is 2. The van der Waals surface area contributed by atoms with Gasteiger partial charge < -0.3 is 0 Å². The molecule has 1 aliphatic carbocycles. The van der Waals surface area contributed by atoms with E-state index in [-0.39, 0.29) is 4.90 Å². The zero-order valence-electron chi connectivity index (χ0n) is 19.0. The van der Waals surface area contributed by atoms with Crippen molar-refractivity contribution in [3.63, 3.8) is 0 Å². The van der Waals surface area contributed by atoms with Gasteiger partial charge in [0.15, 0.2) is 0 Å². The molecule has 0 atom stereocenters. The van der Waals surface area contributed by atoms with Crippen molar-refractivity contribution in [2.24, 2.45) is 0 Å². The number of fused-ring (bicyclic) bond motifs is 3. The zero-order chi connectivity index (χ0) is 25.4. The van der Waals surface area contributed by atoms with Crippen molar-refractivity contribution in [1.29, 1.82) is 0 Å². The lowest BCUT2D eigenvalue weighted by molar-refractivity contribution is 0.483. The number of hydrogen-bond donors (Lipinski definition) is 1. The van der Waals surface area contributed by atoms with Crippen LogP contribution in [-0.2, 0) is 26.1 Å². The minimum absolute atomic E-state index is 0.105. The summed E-state index contributed by atoms with van der Waals surface area (Å²) in [5.41, 5.74) is 8.55. The fourth-order valence-electron chi connectivity index (χ4n) is 4.91. The van der Waals surface area contributed by atoms with Crippen molar-refractivity contribution < 1.29 is 25.6 Å². The molecule has 8 heteroatoms. The zero-order valence-corrected chi connectivity index (χ0v) is 20.6. The highest BCUT2D eigenvalue weighted by Crippen LogP contribution is 2.56. The SMILES string of the molecule is Cc1ccc2c(c1)C(c1ccccc1)(c1ccc(S(=O)(=O)O)cc1)c1cc(C)ccc1-2.O=S(=O)=O. The molecule has 4 aromatic carbocycles. The Morgan fingerprint density at radius 1 is 0.657 bits per heavy atom.